The van der Waals surface area contributed by atoms with E-state index in [9.17, 15) is 9.59 Å². The molecule has 0 atom stereocenters. The molecule has 0 saturated carbocycles. The van der Waals surface area contributed by atoms with Gasteiger partial charge in [-0.05, 0) is 30.3 Å². The number of H-pyrrole nitrogens is 1. The van der Waals surface area contributed by atoms with Gasteiger partial charge >= 0.3 is 0 Å². The standard InChI is InChI=1S/C18H15N5O2.2H2/c19-10-20-11-22-12-5-7-13(8-6-12)23-18(25)17(24)15-9-21-16-4-2-1-3-14(15)16;;/h1-11,21H,(H,23,25)(H2,19,20,22);2*1H. The van der Waals surface area contributed by atoms with Crippen LogP contribution in [0.1, 0.15) is 13.2 Å². The van der Waals surface area contributed by atoms with Crippen molar-refractivity contribution in [2.75, 3.05) is 5.32 Å². The summed E-state index contributed by atoms with van der Waals surface area (Å²) in [4.78, 5) is 35.3. The van der Waals surface area contributed by atoms with E-state index in [1.54, 1.807) is 36.5 Å². The van der Waals surface area contributed by atoms with E-state index in [0.717, 1.165) is 11.9 Å². The second-order valence-electron chi connectivity index (χ2n) is 5.12. The van der Waals surface area contributed by atoms with Gasteiger partial charge in [-0.25, -0.2) is 9.98 Å². The van der Waals surface area contributed by atoms with Gasteiger partial charge in [0.15, 0.2) is 0 Å². The first-order valence-corrected chi connectivity index (χ1v) is 7.47. The van der Waals surface area contributed by atoms with Crippen LogP contribution in [0.5, 0.6) is 0 Å². The Balaban J connectivity index is 0.00000182. The minimum absolute atomic E-state index is 0. The molecule has 7 heteroatoms. The maximum Gasteiger partial charge on any atom is 0.296 e. The van der Waals surface area contributed by atoms with Crippen molar-refractivity contribution in [2.24, 2.45) is 15.7 Å². The molecule has 1 aromatic heterocycles. The predicted molar refractivity (Wildman–Crippen MR) is 103 cm³/mol. The first kappa shape index (κ1) is 16.1. The number of rotatable bonds is 5. The van der Waals surface area contributed by atoms with E-state index in [-0.39, 0.29) is 2.85 Å². The number of amides is 1. The number of nitrogens with two attached hydrogens (primary N) is 1. The zero-order valence-corrected chi connectivity index (χ0v) is 13.1. The number of benzene rings is 2. The van der Waals surface area contributed by atoms with Gasteiger partial charge in [0.25, 0.3) is 11.7 Å². The fraction of sp³-hybridized carbons (Fsp3) is 0. The van der Waals surface area contributed by atoms with Crippen LogP contribution in [0, 0.1) is 0 Å². The molecule has 0 fully saturated rings. The Labute approximate surface area is 146 Å². The van der Waals surface area contributed by atoms with Gasteiger partial charge in [-0.1, -0.05) is 18.2 Å². The van der Waals surface area contributed by atoms with Gasteiger partial charge in [0.1, 0.15) is 6.34 Å². The highest BCUT2D eigenvalue weighted by atomic mass is 16.2. The number of aromatic amines is 1. The summed E-state index contributed by atoms with van der Waals surface area (Å²) in [7, 11) is 0. The number of nitrogens with one attached hydrogen (secondary N) is 2. The van der Waals surface area contributed by atoms with Gasteiger partial charge in [-0.15, -0.1) is 0 Å². The Morgan fingerprint density at radius 3 is 2.64 bits per heavy atom. The molecule has 0 saturated heterocycles. The van der Waals surface area contributed by atoms with Gasteiger partial charge in [-0.2, -0.15) is 0 Å². The highest BCUT2D eigenvalue weighted by Crippen LogP contribution is 2.20. The number of anilines is 1. The zero-order chi connectivity index (χ0) is 17.6. The molecule has 0 spiro atoms. The number of ketones is 1. The lowest BCUT2D eigenvalue weighted by molar-refractivity contribution is -0.112. The monoisotopic (exact) mass is 337 g/mol. The van der Waals surface area contributed by atoms with Crippen molar-refractivity contribution in [3.63, 3.8) is 0 Å². The normalized spacial score (nSPS) is 11.4. The molecule has 7 nitrogen and oxygen atoms in total. The van der Waals surface area contributed by atoms with Crippen LogP contribution < -0.4 is 11.1 Å². The van der Waals surface area contributed by atoms with Crippen LogP contribution in [-0.2, 0) is 4.79 Å². The second kappa shape index (κ2) is 7.22. The molecule has 0 aliphatic rings. The van der Waals surface area contributed by atoms with Crippen LogP contribution in [-0.4, -0.2) is 29.4 Å². The summed E-state index contributed by atoms with van der Waals surface area (Å²) in [6.45, 7) is 0. The number of nitrogens with zero attached hydrogens (tertiary/aromatic N) is 2. The average molecular weight is 337 g/mol. The molecule has 2 aromatic carbocycles. The van der Waals surface area contributed by atoms with Crippen molar-refractivity contribution in [2.45, 2.75) is 0 Å². The Bertz CT molecular complexity index is 981. The molecule has 0 radical (unpaired) electrons. The Morgan fingerprint density at radius 2 is 1.88 bits per heavy atom. The molecular weight excluding hydrogens is 318 g/mol. The molecule has 128 valence electrons. The lowest BCUT2D eigenvalue weighted by Crippen LogP contribution is -2.22. The summed E-state index contributed by atoms with van der Waals surface area (Å²) in [5.41, 5.74) is 7.40. The molecule has 1 heterocycles. The van der Waals surface area contributed by atoms with E-state index in [1.165, 1.54) is 6.34 Å². The number of carbonyl (C=O) groups is 2. The number of hydrogen-bond donors (Lipinski definition) is 3. The van der Waals surface area contributed by atoms with Crippen LogP contribution in [0.4, 0.5) is 11.4 Å². The number of carbonyl (C=O) groups excluding carboxylic acids is 2. The Morgan fingerprint density at radius 1 is 1.12 bits per heavy atom. The lowest BCUT2D eigenvalue weighted by Gasteiger charge is -2.04. The molecule has 0 aliphatic heterocycles. The fourth-order valence-corrected chi connectivity index (χ4v) is 2.34. The zero-order valence-electron chi connectivity index (χ0n) is 13.1. The first-order valence-electron chi connectivity index (χ1n) is 7.47. The maximum atomic E-state index is 12.4. The number of Topliss-reactive ketones (excluding diaryl/α,β-unsaturated/α-hetero) is 1. The van der Waals surface area contributed by atoms with E-state index in [1.807, 2.05) is 18.2 Å². The number of fused-ring (bicyclic) bond motifs is 1. The smallest absolute Gasteiger partial charge is 0.296 e. The van der Waals surface area contributed by atoms with Crippen molar-refractivity contribution in [1.29, 1.82) is 0 Å². The van der Waals surface area contributed by atoms with Crippen molar-refractivity contribution >= 4 is 46.6 Å². The molecule has 3 aromatic rings. The maximum absolute atomic E-state index is 12.4. The number of aliphatic imine (C=N–C) groups is 2. The molecule has 3 rings (SSSR count). The number of hydrogen-bond acceptors (Lipinski definition) is 3. The van der Waals surface area contributed by atoms with Crippen molar-refractivity contribution in [3.05, 3.63) is 60.3 Å². The van der Waals surface area contributed by atoms with Gasteiger partial charge in [-0.3, -0.25) is 9.59 Å². The van der Waals surface area contributed by atoms with Gasteiger partial charge in [0.05, 0.1) is 17.6 Å². The molecular formula is C18H19N5O2. The SMILES string of the molecule is NC=NC=Nc1ccc(NC(=O)C(=O)c2c[nH]c3ccccc23)cc1.[HH].[HH]. The fourth-order valence-electron chi connectivity index (χ4n) is 2.34. The van der Waals surface area contributed by atoms with E-state index in [2.05, 4.69) is 20.3 Å². The van der Waals surface area contributed by atoms with E-state index in [4.69, 9.17) is 5.73 Å². The summed E-state index contributed by atoms with van der Waals surface area (Å²) >= 11 is 0. The summed E-state index contributed by atoms with van der Waals surface area (Å²) in [6.07, 6.45) is 3.99. The van der Waals surface area contributed by atoms with Crippen molar-refractivity contribution in [1.82, 2.24) is 4.98 Å². The van der Waals surface area contributed by atoms with Gasteiger partial charge < -0.3 is 16.0 Å². The number of aromatic nitrogens is 1. The van der Waals surface area contributed by atoms with Crippen LogP contribution in [0.3, 0.4) is 0 Å². The van der Waals surface area contributed by atoms with Crippen molar-refractivity contribution < 1.29 is 12.4 Å². The molecule has 0 unspecified atom stereocenters. The van der Waals surface area contributed by atoms with Crippen LogP contribution in [0.15, 0.2) is 64.7 Å². The molecule has 0 bridgehead atoms. The molecule has 0 aliphatic carbocycles. The van der Waals surface area contributed by atoms with E-state index >= 15 is 0 Å². The van der Waals surface area contributed by atoms with E-state index < -0.39 is 11.7 Å². The topological polar surface area (TPSA) is 113 Å². The molecule has 1 amide bonds. The summed E-state index contributed by atoms with van der Waals surface area (Å²) in [5, 5.41) is 3.30. The first-order chi connectivity index (χ1) is 12.2. The van der Waals surface area contributed by atoms with E-state index in [0.29, 0.717) is 22.3 Å². The minimum atomic E-state index is -0.700. The Hall–Kier alpha value is -3.74. The van der Waals surface area contributed by atoms with Gasteiger partial charge in [0, 0.05) is 25.6 Å². The van der Waals surface area contributed by atoms with Crippen LogP contribution in [0.2, 0.25) is 0 Å². The summed E-state index contributed by atoms with van der Waals surface area (Å²) in [6, 6.07) is 14.0. The predicted octanol–water partition coefficient (Wildman–Crippen LogP) is 3.13. The highest BCUT2D eigenvalue weighted by Gasteiger charge is 2.19. The van der Waals surface area contributed by atoms with Crippen LogP contribution >= 0.6 is 0 Å². The largest absolute Gasteiger partial charge is 0.390 e. The summed E-state index contributed by atoms with van der Waals surface area (Å²) in [5.74, 6) is -1.30. The van der Waals surface area contributed by atoms with Crippen molar-refractivity contribution in [3.8, 4) is 0 Å². The summed E-state index contributed by atoms with van der Waals surface area (Å²) < 4.78 is 0. The average Bonchev–Trinajstić information content (AvgIpc) is 3.07. The highest BCUT2D eigenvalue weighted by molar-refractivity contribution is 6.48. The lowest BCUT2D eigenvalue weighted by atomic mass is 10.1. The second-order valence-corrected chi connectivity index (χ2v) is 5.12. The third-order valence-corrected chi connectivity index (χ3v) is 3.52. The molecule has 4 N–H and O–H groups in total. The number of para-hydroxylation sites is 1. The minimum Gasteiger partial charge on any atom is -0.390 e. The quantitative estimate of drug-likeness (QED) is 0.288. The Kier molecular flexibility index (Phi) is 4.66. The third kappa shape index (κ3) is 3.61. The third-order valence-electron chi connectivity index (χ3n) is 3.52. The van der Waals surface area contributed by atoms with Gasteiger partial charge in [0.2, 0.25) is 0 Å². The molecule has 25 heavy (non-hydrogen) atoms. The van der Waals surface area contributed by atoms with Crippen LogP contribution in [0.25, 0.3) is 10.9 Å².